The lowest BCUT2D eigenvalue weighted by Crippen LogP contribution is -2.43. The highest BCUT2D eigenvalue weighted by atomic mass is 32.2. The van der Waals surface area contributed by atoms with E-state index in [-0.39, 0.29) is 18.4 Å². The second kappa shape index (κ2) is 7.43. The lowest BCUT2D eigenvalue weighted by atomic mass is 10.1. The number of hydrogen-bond acceptors (Lipinski definition) is 5. The van der Waals surface area contributed by atoms with E-state index in [2.05, 4.69) is 10.4 Å². The van der Waals surface area contributed by atoms with Crippen LogP contribution in [0.15, 0.2) is 34.1 Å². The van der Waals surface area contributed by atoms with Crippen molar-refractivity contribution in [1.82, 2.24) is 9.78 Å². The molecule has 1 aliphatic carbocycles. The van der Waals surface area contributed by atoms with E-state index in [1.807, 2.05) is 32.0 Å². The lowest BCUT2D eigenvalue weighted by Gasteiger charge is -2.28. The van der Waals surface area contributed by atoms with Crippen molar-refractivity contribution in [2.45, 2.75) is 38.1 Å². The van der Waals surface area contributed by atoms with Gasteiger partial charge in [0, 0.05) is 12.2 Å². The number of fused-ring (bicyclic) bond motifs is 1. The van der Waals surface area contributed by atoms with E-state index in [0.29, 0.717) is 34.5 Å². The van der Waals surface area contributed by atoms with Gasteiger partial charge < -0.3 is 10.2 Å². The summed E-state index contributed by atoms with van der Waals surface area (Å²) >= 11 is 1.33. The highest BCUT2D eigenvalue weighted by Gasteiger charge is 2.34. The summed E-state index contributed by atoms with van der Waals surface area (Å²) in [5.41, 5.74) is 2.75. The molecule has 0 radical (unpaired) electrons. The average Bonchev–Trinajstić information content (AvgIpc) is 3.43. The number of nitrogens with one attached hydrogen (secondary N) is 1. The lowest BCUT2D eigenvalue weighted by molar-refractivity contribution is -0.117. The molecule has 1 N–H and O–H groups in total. The predicted octanol–water partition coefficient (Wildman–Crippen LogP) is 2.35. The molecule has 1 saturated carbocycles. The summed E-state index contributed by atoms with van der Waals surface area (Å²) in [5, 5.41) is 6.96. The SMILES string of the molecule is Cc1cc(C)cc(NC(=O)Cn2ncc3c(c2=O)N(CC2CC2)C(=O)CS3)c1. The topological polar surface area (TPSA) is 84.3 Å². The summed E-state index contributed by atoms with van der Waals surface area (Å²) in [6, 6.07) is 5.77. The Morgan fingerprint density at radius 2 is 1.93 bits per heavy atom. The van der Waals surface area contributed by atoms with Crippen LogP contribution in [0.3, 0.4) is 0 Å². The fourth-order valence-electron chi connectivity index (χ4n) is 3.41. The molecule has 1 fully saturated rings. The van der Waals surface area contributed by atoms with Gasteiger partial charge >= 0.3 is 0 Å². The van der Waals surface area contributed by atoms with Crippen molar-refractivity contribution in [2.24, 2.45) is 5.92 Å². The molecule has 1 aromatic heterocycles. The molecule has 0 spiro atoms. The maximum Gasteiger partial charge on any atom is 0.292 e. The quantitative estimate of drug-likeness (QED) is 0.836. The summed E-state index contributed by atoms with van der Waals surface area (Å²) in [4.78, 5) is 40.1. The first-order valence-electron chi connectivity index (χ1n) is 9.32. The van der Waals surface area contributed by atoms with Crippen molar-refractivity contribution < 1.29 is 9.59 Å². The number of carbonyl (C=O) groups excluding carboxylic acids is 2. The molecule has 0 saturated heterocycles. The number of amides is 2. The van der Waals surface area contributed by atoms with Crippen molar-refractivity contribution in [3.05, 3.63) is 45.9 Å². The van der Waals surface area contributed by atoms with Gasteiger partial charge in [-0.2, -0.15) is 5.10 Å². The number of rotatable bonds is 5. The summed E-state index contributed by atoms with van der Waals surface area (Å²) in [6.07, 6.45) is 3.76. The first-order chi connectivity index (χ1) is 13.4. The first kappa shape index (κ1) is 18.7. The number of hydrogen-bond donors (Lipinski definition) is 1. The molecule has 0 atom stereocenters. The van der Waals surface area contributed by atoms with E-state index < -0.39 is 5.56 Å². The zero-order valence-corrected chi connectivity index (χ0v) is 16.7. The van der Waals surface area contributed by atoms with Crippen LogP contribution >= 0.6 is 11.8 Å². The Labute approximate surface area is 167 Å². The minimum absolute atomic E-state index is 0.0565. The standard InChI is InChI=1S/C20H22N4O3S/c1-12-5-13(2)7-15(6-12)22-17(25)10-24-20(27)19-16(8-21-24)28-11-18(26)23(19)9-14-3-4-14/h5-8,14H,3-4,9-11H2,1-2H3,(H,22,25). The maximum atomic E-state index is 13.0. The molecule has 8 heteroatoms. The van der Waals surface area contributed by atoms with Crippen LogP contribution in [0.4, 0.5) is 11.4 Å². The molecule has 0 unspecified atom stereocenters. The largest absolute Gasteiger partial charge is 0.324 e. The second-order valence-electron chi connectivity index (χ2n) is 7.48. The molecule has 2 amide bonds. The van der Waals surface area contributed by atoms with Crippen molar-refractivity contribution in [3.8, 4) is 0 Å². The number of nitrogens with zero attached hydrogens (tertiary/aromatic N) is 3. The predicted molar refractivity (Wildman–Crippen MR) is 109 cm³/mol. The zero-order valence-electron chi connectivity index (χ0n) is 15.9. The maximum absolute atomic E-state index is 13.0. The highest BCUT2D eigenvalue weighted by Crippen LogP contribution is 2.36. The molecule has 2 heterocycles. The van der Waals surface area contributed by atoms with Gasteiger partial charge in [-0.25, -0.2) is 4.68 Å². The average molecular weight is 398 g/mol. The number of benzene rings is 1. The van der Waals surface area contributed by atoms with Gasteiger partial charge in [0.05, 0.1) is 16.8 Å². The summed E-state index contributed by atoms with van der Waals surface area (Å²) in [7, 11) is 0. The Balaban J connectivity index is 1.57. The molecule has 2 aromatic rings. The van der Waals surface area contributed by atoms with Crippen LogP contribution in [-0.2, 0) is 16.1 Å². The molecule has 4 rings (SSSR count). The number of carbonyl (C=O) groups is 2. The second-order valence-corrected chi connectivity index (χ2v) is 8.50. The van der Waals surface area contributed by atoms with Crippen molar-refractivity contribution >= 4 is 35.0 Å². The fraction of sp³-hybridized carbons (Fsp3) is 0.400. The van der Waals surface area contributed by atoms with Gasteiger partial charge in [0.1, 0.15) is 12.2 Å². The van der Waals surface area contributed by atoms with Gasteiger partial charge in [-0.3, -0.25) is 14.4 Å². The highest BCUT2D eigenvalue weighted by molar-refractivity contribution is 8.00. The number of aromatic nitrogens is 2. The third kappa shape index (κ3) is 3.96. The summed E-state index contributed by atoms with van der Waals surface area (Å²) < 4.78 is 1.13. The van der Waals surface area contributed by atoms with E-state index in [9.17, 15) is 14.4 Å². The van der Waals surface area contributed by atoms with E-state index in [1.54, 1.807) is 11.1 Å². The monoisotopic (exact) mass is 398 g/mol. The molecule has 7 nitrogen and oxygen atoms in total. The number of aryl methyl sites for hydroxylation is 2. The fourth-order valence-corrected chi connectivity index (χ4v) is 4.30. The van der Waals surface area contributed by atoms with E-state index in [4.69, 9.17) is 0 Å². The van der Waals surface area contributed by atoms with Crippen LogP contribution in [0.25, 0.3) is 0 Å². The molecular formula is C20H22N4O3S. The van der Waals surface area contributed by atoms with Crippen LogP contribution < -0.4 is 15.8 Å². The molecule has 28 heavy (non-hydrogen) atoms. The van der Waals surface area contributed by atoms with Crippen LogP contribution in [0.1, 0.15) is 24.0 Å². The zero-order chi connectivity index (χ0) is 19.8. The smallest absolute Gasteiger partial charge is 0.292 e. The Hall–Kier alpha value is -2.61. The minimum atomic E-state index is -0.394. The third-order valence-corrected chi connectivity index (χ3v) is 5.84. The van der Waals surface area contributed by atoms with Gasteiger partial charge in [0.15, 0.2) is 0 Å². The summed E-state index contributed by atoms with van der Waals surface area (Å²) in [6.45, 7) is 4.29. The van der Waals surface area contributed by atoms with E-state index >= 15 is 0 Å². The van der Waals surface area contributed by atoms with E-state index in [0.717, 1.165) is 28.7 Å². The van der Waals surface area contributed by atoms with Crippen LogP contribution in [-0.4, -0.2) is 33.9 Å². The van der Waals surface area contributed by atoms with Crippen molar-refractivity contribution in [2.75, 3.05) is 22.5 Å². The minimum Gasteiger partial charge on any atom is -0.324 e. The molecular weight excluding hydrogens is 376 g/mol. The van der Waals surface area contributed by atoms with Crippen LogP contribution in [0, 0.1) is 19.8 Å². The van der Waals surface area contributed by atoms with Crippen LogP contribution in [0.2, 0.25) is 0 Å². The van der Waals surface area contributed by atoms with Crippen molar-refractivity contribution in [3.63, 3.8) is 0 Å². The molecule has 1 aromatic carbocycles. The Morgan fingerprint density at radius 1 is 1.21 bits per heavy atom. The van der Waals surface area contributed by atoms with Gasteiger partial charge in [-0.15, -0.1) is 11.8 Å². The van der Waals surface area contributed by atoms with Gasteiger partial charge in [0.25, 0.3) is 5.56 Å². The van der Waals surface area contributed by atoms with Crippen molar-refractivity contribution in [1.29, 1.82) is 0 Å². The molecule has 146 valence electrons. The molecule has 2 aliphatic rings. The van der Waals surface area contributed by atoms with Gasteiger partial charge in [-0.1, -0.05) is 6.07 Å². The number of thioether (sulfide) groups is 1. The Bertz CT molecular complexity index is 993. The van der Waals surface area contributed by atoms with Gasteiger partial charge in [-0.05, 0) is 55.9 Å². The first-order valence-corrected chi connectivity index (χ1v) is 10.3. The Kier molecular flexibility index (Phi) is 4.97. The molecule has 0 bridgehead atoms. The van der Waals surface area contributed by atoms with Gasteiger partial charge in [0.2, 0.25) is 11.8 Å². The Morgan fingerprint density at radius 3 is 2.61 bits per heavy atom. The summed E-state index contributed by atoms with van der Waals surface area (Å²) in [5.74, 6) is 0.397. The third-order valence-electron chi connectivity index (χ3n) is 4.84. The van der Waals surface area contributed by atoms with E-state index in [1.165, 1.54) is 11.8 Å². The number of anilines is 2. The molecule has 1 aliphatic heterocycles. The normalized spacial score (nSPS) is 16.1. The van der Waals surface area contributed by atoms with Crippen LogP contribution in [0.5, 0.6) is 0 Å².